The SMILES string of the molecule is CC(C)C(C)(O)CO[C@H](C)C(=O)O. The van der Waals surface area contributed by atoms with Crippen molar-refractivity contribution in [3.63, 3.8) is 0 Å². The average molecular weight is 190 g/mol. The van der Waals surface area contributed by atoms with Crippen LogP contribution >= 0.6 is 0 Å². The van der Waals surface area contributed by atoms with Crippen molar-refractivity contribution in [2.24, 2.45) is 5.92 Å². The molecule has 1 unspecified atom stereocenters. The van der Waals surface area contributed by atoms with E-state index in [1.54, 1.807) is 6.92 Å². The van der Waals surface area contributed by atoms with Crippen molar-refractivity contribution in [1.29, 1.82) is 0 Å². The minimum Gasteiger partial charge on any atom is -0.479 e. The molecule has 0 saturated carbocycles. The second kappa shape index (κ2) is 4.58. The Morgan fingerprint density at radius 3 is 2.23 bits per heavy atom. The van der Waals surface area contributed by atoms with Crippen LogP contribution in [-0.4, -0.2) is 34.5 Å². The molecule has 0 aromatic rings. The quantitative estimate of drug-likeness (QED) is 0.675. The molecule has 13 heavy (non-hydrogen) atoms. The summed E-state index contributed by atoms with van der Waals surface area (Å²) in [4.78, 5) is 10.4. The van der Waals surface area contributed by atoms with E-state index in [0.29, 0.717) is 0 Å². The predicted molar refractivity (Wildman–Crippen MR) is 48.5 cm³/mol. The zero-order valence-electron chi connectivity index (χ0n) is 8.57. The molecule has 0 aromatic heterocycles. The lowest BCUT2D eigenvalue weighted by Gasteiger charge is -2.28. The molecule has 0 aliphatic rings. The van der Waals surface area contributed by atoms with Crippen LogP contribution in [0.15, 0.2) is 0 Å². The minimum atomic E-state index is -1.01. The molecule has 0 heterocycles. The summed E-state index contributed by atoms with van der Waals surface area (Å²) in [5.74, 6) is -0.979. The molecule has 0 aliphatic carbocycles. The van der Waals surface area contributed by atoms with Crippen LogP contribution in [0.2, 0.25) is 0 Å². The number of hydrogen-bond donors (Lipinski definition) is 2. The lowest BCUT2D eigenvalue weighted by Crippen LogP contribution is -2.39. The van der Waals surface area contributed by atoms with Gasteiger partial charge in [0.2, 0.25) is 0 Å². The predicted octanol–water partition coefficient (Wildman–Crippen LogP) is 0.883. The van der Waals surface area contributed by atoms with E-state index >= 15 is 0 Å². The highest BCUT2D eigenvalue weighted by atomic mass is 16.5. The molecular weight excluding hydrogens is 172 g/mol. The Bertz CT molecular complexity index is 174. The van der Waals surface area contributed by atoms with Crippen molar-refractivity contribution in [3.8, 4) is 0 Å². The summed E-state index contributed by atoms with van der Waals surface area (Å²) in [5, 5.41) is 18.2. The highest BCUT2D eigenvalue weighted by Gasteiger charge is 2.27. The number of aliphatic carboxylic acids is 1. The second-order valence-corrected chi connectivity index (χ2v) is 3.80. The molecular formula is C9H18O4. The summed E-state index contributed by atoms with van der Waals surface area (Å²) >= 11 is 0. The lowest BCUT2D eigenvalue weighted by atomic mass is 9.94. The molecule has 4 heteroatoms. The second-order valence-electron chi connectivity index (χ2n) is 3.80. The topological polar surface area (TPSA) is 66.8 Å². The van der Waals surface area contributed by atoms with Crippen molar-refractivity contribution < 1.29 is 19.7 Å². The maximum absolute atomic E-state index is 10.4. The highest BCUT2D eigenvalue weighted by molar-refractivity contribution is 5.71. The first kappa shape index (κ1) is 12.4. The van der Waals surface area contributed by atoms with Gasteiger partial charge >= 0.3 is 5.97 Å². The standard InChI is InChI=1S/C9H18O4/c1-6(2)9(4,12)5-13-7(3)8(10)11/h6-7,12H,5H2,1-4H3,(H,10,11)/t7-,9?/m1/s1. The van der Waals surface area contributed by atoms with E-state index in [2.05, 4.69) is 0 Å². The molecule has 0 amide bonds. The molecule has 0 bridgehead atoms. The Hall–Kier alpha value is -0.610. The van der Waals surface area contributed by atoms with E-state index in [0.717, 1.165) is 0 Å². The molecule has 0 aromatic carbocycles. The Kier molecular flexibility index (Phi) is 4.36. The summed E-state index contributed by atoms with van der Waals surface area (Å²) in [7, 11) is 0. The van der Waals surface area contributed by atoms with Gasteiger partial charge in [-0.25, -0.2) is 4.79 Å². The van der Waals surface area contributed by atoms with Crippen molar-refractivity contribution in [3.05, 3.63) is 0 Å². The Labute approximate surface area is 78.5 Å². The van der Waals surface area contributed by atoms with E-state index in [-0.39, 0.29) is 12.5 Å². The molecule has 0 rings (SSSR count). The number of carboxylic acids is 1. The number of carboxylic acid groups (broad SMARTS) is 1. The van der Waals surface area contributed by atoms with E-state index in [1.807, 2.05) is 13.8 Å². The molecule has 0 saturated heterocycles. The Balaban J connectivity index is 3.95. The highest BCUT2D eigenvalue weighted by Crippen LogP contribution is 2.16. The normalized spacial score (nSPS) is 18.3. The van der Waals surface area contributed by atoms with E-state index in [1.165, 1.54) is 6.92 Å². The number of carbonyl (C=O) groups is 1. The van der Waals surface area contributed by atoms with Crippen LogP contribution in [0.3, 0.4) is 0 Å². The molecule has 2 N–H and O–H groups in total. The Morgan fingerprint density at radius 2 is 1.92 bits per heavy atom. The van der Waals surface area contributed by atoms with Crippen LogP contribution in [0.1, 0.15) is 27.7 Å². The van der Waals surface area contributed by atoms with Gasteiger partial charge in [-0.2, -0.15) is 0 Å². The zero-order valence-corrected chi connectivity index (χ0v) is 8.57. The van der Waals surface area contributed by atoms with Gasteiger partial charge in [-0.1, -0.05) is 13.8 Å². The van der Waals surface area contributed by atoms with Crippen LogP contribution < -0.4 is 0 Å². The Morgan fingerprint density at radius 1 is 1.46 bits per heavy atom. The van der Waals surface area contributed by atoms with Crippen molar-refractivity contribution >= 4 is 5.97 Å². The van der Waals surface area contributed by atoms with Gasteiger partial charge in [0, 0.05) is 0 Å². The first-order valence-corrected chi connectivity index (χ1v) is 4.34. The van der Waals surface area contributed by atoms with Crippen molar-refractivity contribution in [2.75, 3.05) is 6.61 Å². The monoisotopic (exact) mass is 190 g/mol. The third-order valence-corrected chi connectivity index (χ3v) is 2.22. The van der Waals surface area contributed by atoms with Gasteiger partial charge < -0.3 is 14.9 Å². The third kappa shape index (κ3) is 4.24. The van der Waals surface area contributed by atoms with Crippen molar-refractivity contribution in [1.82, 2.24) is 0 Å². The van der Waals surface area contributed by atoms with Crippen LogP contribution in [0.4, 0.5) is 0 Å². The van der Waals surface area contributed by atoms with Crippen LogP contribution in [0, 0.1) is 5.92 Å². The molecule has 2 atom stereocenters. The number of ether oxygens (including phenoxy) is 1. The van der Waals surface area contributed by atoms with Crippen LogP contribution in [-0.2, 0) is 9.53 Å². The molecule has 0 radical (unpaired) electrons. The minimum absolute atomic E-state index is 0.0356. The van der Waals surface area contributed by atoms with Crippen LogP contribution in [0.5, 0.6) is 0 Å². The molecule has 0 fully saturated rings. The van der Waals surface area contributed by atoms with E-state index < -0.39 is 17.7 Å². The van der Waals surface area contributed by atoms with Gasteiger partial charge in [0.15, 0.2) is 6.10 Å². The number of hydrogen-bond acceptors (Lipinski definition) is 3. The summed E-state index contributed by atoms with van der Waals surface area (Å²) in [6, 6.07) is 0. The fourth-order valence-electron chi connectivity index (χ4n) is 0.532. The molecule has 0 aliphatic heterocycles. The smallest absolute Gasteiger partial charge is 0.332 e. The first-order valence-electron chi connectivity index (χ1n) is 4.34. The summed E-state index contributed by atoms with van der Waals surface area (Å²) in [5.41, 5.74) is -0.969. The van der Waals surface area contributed by atoms with Gasteiger partial charge in [0.25, 0.3) is 0 Å². The third-order valence-electron chi connectivity index (χ3n) is 2.22. The molecule has 0 spiro atoms. The summed E-state index contributed by atoms with van der Waals surface area (Å²) in [6.07, 6.45) is -0.870. The average Bonchev–Trinajstić information content (AvgIpc) is 1.99. The first-order chi connectivity index (χ1) is 5.77. The summed E-state index contributed by atoms with van der Waals surface area (Å²) in [6.45, 7) is 6.83. The maximum Gasteiger partial charge on any atom is 0.332 e. The largest absolute Gasteiger partial charge is 0.479 e. The summed E-state index contributed by atoms with van der Waals surface area (Å²) < 4.78 is 4.98. The van der Waals surface area contributed by atoms with Gasteiger partial charge in [0.05, 0.1) is 12.2 Å². The zero-order chi connectivity index (χ0) is 10.6. The lowest BCUT2D eigenvalue weighted by molar-refractivity contribution is -0.155. The van der Waals surface area contributed by atoms with Gasteiger partial charge in [0.1, 0.15) is 0 Å². The van der Waals surface area contributed by atoms with Crippen molar-refractivity contribution in [2.45, 2.75) is 39.4 Å². The van der Waals surface area contributed by atoms with E-state index in [4.69, 9.17) is 9.84 Å². The fraction of sp³-hybridized carbons (Fsp3) is 0.889. The van der Waals surface area contributed by atoms with Gasteiger partial charge in [-0.05, 0) is 19.8 Å². The maximum atomic E-state index is 10.4. The molecule has 4 nitrogen and oxygen atoms in total. The van der Waals surface area contributed by atoms with Gasteiger partial charge in [-0.3, -0.25) is 0 Å². The number of aliphatic hydroxyl groups is 1. The number of rotatable bonds is 5. The van der Waals surface area contributed by atoms with E-state index in [9.17, 15) is 9.90 Å². The van der Waals surface area contributed by atoms with Gasteiger partial charge in [-0.15, -0.1) is 0 Å². The van der Waals surface area contributed by atoms with Crippen LogP contribution in [0.25, 0.3) is 0 Å². The molecule has 78 valence electrons. The fourth-order valence-corrected chi connectivity index (χ4v) is 0.532.